The normalized spacial score (nSPS) is 10.0. The lowest BCUT2D eigenvalue weighted by molar-refractivity contribution is 0.0954. The fourth-order valence-electron chi connectivity index (χ4n) is 1.66. The van der Waals surface area contributed by atoms with E-state index in [0.717, 1.165) is 5.56 Å². The van der Waals surface area contributed by atoms with Crippen molar-refractivity contribution in [3.05, 3.63) is 52.4 Å². The average Bonchev–Trinajstić information content (AvgIpc) is 2.80. The van der Waals surface area contributed by atoms with Gasteiger partial charge in [0, 0.05) is 5.56 Å². The Balaban J connectivity index is 2.25. The van der Waals surface area contributed by atoms with E-state index in [1.54, 1.807) is 36.6 Å². The quantitative estimate of drug-likeness (QED) is 0.454. The molecule has 0 unspecified atom stereocenters. The van der Waals surface area contributed by atoms with Crippen molar-refractivity contribution >= 4 is 28.2 Å². The predicted octanol–water partition coefficient (Wildman–Crippen LogP) is 1.91. The first kappa shape index (κ1) is 13.3. The number of aryl methyl sites for hydroxylation is 1. The van der Waals surface area contributed by atoms with Crippen LogP contribution in [0.5, 0.6) is 0 Å². The topological polar surface area (TPSA) is 84.2 Å². The van der Waals surface area contributed by atoms with E-state index in [0.29, 0.717) is 16.1 Å². The summed E-state index contributed by atoms with van der Waals surface area (Å²) in [5, 5.41) is 5.02. The Bertz CT molecular complexity index is 608. The van der Waals surface area contributed by atoms with Crippen molar-refractivity contribution in [2.75, 3.05) is 5.32 Å². The molecule has 0 atom stereocenters. The van der Waals surface area contributed by atoms with Gasteiger partial charge < -0.3 is 5.32 Å². The van der Waals surface area contributed by atoms with E-state index >= 15 is 0 Å². The number of hydrogen-bond donors (Lipinski definition) is 3. The number of benzene rings is 1. The lowest BCUT2D eigenvalue weighted by Gasteiger charge is -2.06. The van der Waals surface area contributed by atoms with Crippen LogP contribution in [0.1, 0.15) is 26.3 Å². The predicted molar refractivity (Wildman–Crippen MR) is 75.1 cm³/mol. The number of amides is 2. The van der Waals surface area contributed by atoms with Crippen LogP contribution in [0.3, 0.4) is 0 Å². The number of rotatable bonds is 3. The van der Waals surface area contributed by atoms with Gasteiger partial charge in [0.2, 0.25) is 0 Å². The fourth-order valence-corrected chi connectivity index (χ4v) is 2.59. The van der Waals surface area contributed by atoms with Crippen molar-refractivity contribution in [3.63, 3.8) is 0 Å². The van der Waals surface area contributed by atoms with Gasteiger partial charge in [-0.05, 0) is 30.0 Å². The van der Waals surface area contributed by atoms with Crippen molar-refractivity contribution in [3.8, 4) is 0 Å². The molecule has 0 radical (unpaired) electrons. The van der Waals surface area contributed by atoms with Crippen LogP contribution in [-0.4, -0.2) is 11.8 Å². The summed E-state index contributed by atoms with van der Waals surface area (Å²) in [7, 11) is 0. The number of nitrogens with one attached hydrogen (secondary N) is 2. The van der Waals surface area contributed by atoms with Crippen molar-refractivity contribution in [2.45, 2.75) is 6.92 Å². The van der Waals surface area contributed by atoms with Gasteiger partial charge in [0.25, 0.3) is 11.8 Å². The molecule has 19 heavy (non-hydrogen) atoms. The largest absolute Gasteiger partial charge is 0.313 e. The average molecular weight is 275 g/mol. The Morgan fingerprint density at radius 2 is 1.84 bits per heavy atom. The fraction of sp³-hybridized carbons (Fsp3) is 0.0769. The first-order chi connectivity index (χ1) is 9.13. The molecule has 0 spiro atoms. The smallest absolute Gasteiger partial charge is 0.268 e. The number of carbonyl (C=O) groups excluding carboxylic acids is 2. The molecule has 1 aromatic carbocycles. The van der Waals surface area contributed by atoms with Crippen LogP contribution in [0.15, 0.2) is 35.7 Å². The molecule has 0 saturated heterocycles. The highest BCUT2D eigenvalue weighted by Gasteiger charge is 2.18. The van der Waals surface area contributed by atoms with Crippen LogP contribution in [-0.2, 0) is 0 Å². The third-order valence-corrected chi connectivity index (χ3v) is 3.61. The summed E-state index contributed by atoms with van der Waals surface area (Å²) in [6.45, 7) is 1.79. The molecule has 98 valence electrons. The molecule has 0 bridgehead atoms. The molecular weight excluding hydrogens is 262 g/mol. The van der Waals surface area contributed by atoms with Gasteiger partial charge in [-0.2, -0.15) is 0 Å². The van der Waals surface area contributed by atoms with Gasteiger partial charge in [0.15, 0.2) is 0 Å². The Hall–Kier alpha value is -2.18. The third kappa shape index (κ3) is 2.81. The summed E-state index contributed by atoms with van der Waals surface area (Å²) < 4.78 is 0. The van der Waals surface area contributed by atoms with E-state index in [2.05, 4.69) is 10.7 Å². The van der Waals surface area contributed by atoms with Gasteiger partial charge in [-0.3, -0.25) is 15.0 Å². The number of nitrogen functional groups attached to an aromatic ring is 1. The van der Waals surface area contributed by atoms with Gasteiger partial charge in [0.05, 0.1) is 5.56 Å². The minimum absolute atomic E-state index is 0.256. The number of hydrogen-bond acceptors (Lipinski definition) is 4. The lowest BCUT2D eigenvalue weighted by Crippen LogP contribution is -2.31. The van der Waals surface area contributed by atoms with E-state index in [1.807, 2.05) is 6.07 Å². The third-order valence-electron chi connectivity index (χ3n) is 2.60. The Kier molecular flexibility index (Phi) is 3.94. The minimum atomic E-state index is -0.415. The van der Waals surface area contributed by atoms with Gasteiger partial charge >= 0.3 is 0 Å². The number of hydrazine groups is 1. The van der Waals surface area contributed by atoms with Crippen molar-refractivity contribution in [1.82, 2.24) is 5.43 Å². The molecule has 0 aliphatic heterocycles. The molecule has 2 rings (SSSR count). The first-order valence-corrected chi connectivity index (χ1v) is 6.47. The van der Waals surface area contributed by atoms with E-state index < -0.39 is 5.91 Å². The molecule has 2 amide bonds. The van der Waals surface area contributed by atoms with E-state index in [9.17, 15) is 9.59 Å². The summed E-state index contributed by atoms with van der Waals surface area (Å²) in [5.74, 6) is 4.46. The number of carbonyl (C=O) groups is 2. The molecule has 0 saturated carbocycles. The van der Waals surface area contributed by atoms with Crippen molar-refractivity contribution < 1.29 is 9.59 Å². The molecule has 2 aromatic rings. The standard InChI is InChI=1S/C13H13N3O2S/c1-8-7-19-13(10(8)12(18)16-14)15-11(17)9-5-3-2-4-6-9/h2-7H,14H2,1H3,(H,15,17)(H,16,18). The van der Waals surface area contributed by atoms with Crippen LogP contribution in [0.2, 0.25) is 0 Å². The summed E-state index contributed by atoms with van der Waals surface area (Å²) in [6, 6.07) is 8.81. The molecule has 5 nitrogen and oxygen atoms in total. The first-order valence-electron chi connectivity index (χ1n) is 5.59. The van der Waals surface area contributed by atoms with Gasteiger partial charge in [-0.25, -0.2) is 5.84 Å². The maximum Gasteiger partial charge on any atom is 0.268 e. The van der Waals surface area contributed by atoms with Crippen molar-refractivity contribution in [1.29, 1.82) is 0 Å². The zero-order chi connectivity index (χ0) is 13.8. The summed E-state index contributed by atoms with van der Waals surface area (Å²) >= 11 is 1.29. The number of thiophene rings is 1. The molecule has 0 aliphatic carbocycles. The van der Waals surface area contributed by atoms with Gasteiger partial charge in [-0.1, -0.05) is 18.2 Å². The van der Waals surface area contributed by atoms with E-state index in [4.69, 9.17) is 5.84 Å². The zero-order valence-corrected chi connectivity index (χ0v) is 11.1. The molecule has 0 aliphatic rings. The monoisotopic (exact) mass is 275 g/mol. The summed E-state index contributed by atoms with van der Waals surface area (Å²) in [5.41, 5.74) is 3.79. The second-order valence-corrected chi connectivity index (χ2v) is 4.80. The molecule has 1 heterocycles. The number of nitrogens with two attached hydrogens (primary N) is 1. The maximum atomic E-state index is 12.0. The highest BCUT2D eigenvalue weighted by Crippen LogP contribution is 2.27. The van der Waals surface area contributed by atoms with Gasteiger partial charge in [-0.15, -0.1) is 11.3 Å². The summed E-state index contributed by atoms with van der Waals surface area (Å²) in [4.78, 5) is 23.7. The molecule has 4 N–H and O–H groups in total. The Morgan fingerprint density at radius 1 is 1.16 bits per heavy atom. The van der Waals surface area contributed by atoms with Crippen LogP contribution in [0, 0.1) is 6.92 Å². The zero-order valence-electron chi connectivity index (χ0n) is 10.3. The maximum absolute atomic E-state index is 12.0. The van der Waals surface area contributed by atoms with Crippen molar-refractivity contribution in [2.24, 2.45) is 5.84 Å². The highest BCUT2D eigenvalue weighted by atomic mass is 32.1. The van der Waals surface area contributed by atoms with E-state index in [1.165, 1.54) is 11.3 Å². The van der Waals surface area contributed by atoms with Crippen LogP contribution in [0.4, 0.5) is 5.00 Å². The van der Waals surface area contributed by atoms with Crippen LogP contribution in [0.25, 0.3) is 0 Å². The van der Waals surface area contributed by atoms with Crippen LogP contribution >= 0.6 is 11.3 Å². The van der Waals surface area contributed by atoms with E-state index in [-0.39, 0.29) is 5.91 Å². The Morgan fingerprint density at radius 3 is 2.47 bits per heavy atom. The minimum Gasteiger partial charge on any atom is -0.313 e. The second kappa shape index (κ2) is 5.64. The van der Waals surface area contributed by atoms with Crippen LogP contribution < -0.4 is 16.6 Å². The second-order valence-electron chi connectivity index (χ2n) is 3.92. The summed E-state index contributed by atoms with van der Waals surface area (Å²) in [6.07, 6.45) is 0. The number of anilines is 1. The SMILES string of the molecule is Cc1csc(NC(=O)c2ccccc2)c1C(=O)NN. The molecule has 1 aromatic heterocycles. The molecule has 6 heteroatoms. The molecule has 0 fully saturated rings. The lowest BCUT2D eigenvalue weighted by atomic mass is 10.2. The molecular formula is C13H13N3O2S. The van der Waals surface area contributed by atoms with Gasteiger partial charge in [0.1, 0.15) is 5.00 Å². The highest BCUT2D eigenvalue weighted by molar-refractivity contribution is 7.15. The Labute approximate surface area is 114 Å².